The molecular formula is C21H23ClN6S. The quantitative estimate of drug-likeness (QED) is 0.487. The SMILES string of the molecule is CCc1nc(N2CCCN(Cc3cn4cc(Cl)ccc4n3)CC2)c2ccsc2n1. The topological polar surface area (TPSA) is 49.6 Å². The van der Waals surface area contributed by atoms with Crippen molar-refractivity contribution in [2.45, 2.75) is 26.3 Å². The lowest BCUT2D eigenvalue weighted by Crippen LogP contribution is -2.31. The van der Waals surface area contributed by atoms with Crippen molar-refractivity contribution in [1.29, 1.82) is 0 Å². The van der Waals surface area contributed by atoms with Crippen LogP contribution in [0.25, 0.3) is 15.9 Å². The zero-order chi connectivity index (χ0) is 19.8. The average Bonchev–Trinajstić information content (AvgIpc) is 3.28. The highest BCUT2D eigenvalue weighted by Gasteiger charge is 2.20. The van der Waals surface area contributed by atoms with E-state index in [2.05, 4.69) is 39.4 Å². The van der Waals surface area contributed by atoms with Gasteiger partial charge >= 0.3 is 0 Å². The second-order valence-corrected chi connectivity index (χ2v) is 8.75. The van der Waals surface area contributed by atoms with Crippen LogP contribution in [0.1, 0.15) is 24.9 Å². The summed E-state index contributed by atoms with van der Waals surface area (Å²) in [5, 5.41) is 4.02. The second-order valence-electron chi connectivity index (χ2n) is 7.42. The van der Waals surface area contributed by atoms with Crippen LogP contribution in [0.4, 0.5) is 5.82 Å². The zero-order valence-electron chi connectivity index (χ0n) is 16.4. The largest absolute Gasteiger partial charge is 0.355 e. The van der Waals surface area contributed by atoms with Crippen molar-refractivity contribution in [3.63, 3.8) is 0 Å². The van der Waals surface area contributed by atoms with Gasteiger partial charge in [-0.05, 0) is 30.0 Å². The molecule has 5 rings (SSSR count). The van der Waals surface area contributed by atoms with Crippen molar-refractivity contribution in [2.75, 3.05) is 31.1 Å². The molecule has 0 N–H and O–H groups in total. The molecule has 1 saturated heterocycles. The standard InChI is InChI=1S/C21H23ClN6S/c1-2-18-24-20(17-6-11-29-21(17)25-18)27-8-3-7-26(9-10-27)13-16-14-28-12-15(22)4-5-19(28)23-16/h4-6,11-12,14H,2-3,7-10,13H2,1H3. The highest BCUT2D eigenvalue weighted by atomic mass is 35.5. The number of nitrogens with zero attached hydrogens (tertiary/aromatic N) is 6. The van der Waals surface area contributed by atoms with Crippen LogP contribution in [0.5, 0.6) is 0 Å². The minimum atomic E-state index is 0.725. The summed E-state index contributed by atoms with van der Waals surface area (Å²) in [5.74, 6) is 2.02. The Balaban J connectivity index is 1.33. The molecule has 4 aromatic rings. The number of hydrogen-bond donors (Lipinski definition) is 0. The molecule has 150 valence electrons. The highest BCUT2D eigenvalue weighted by molar-refractivity contribution is 7.16. The van der Waals surface area contributed by atoms with Gasteiger partial charge in [0.1, 0.15) is 22.1 Å². The summed E-state index contributed by atoms with van der Waals surface area (Å²) in [6.45, 7) is 7.00. The number of pyridine rings is 1. The molecule has 0 amide bonds. The fourth-order valence-electron chi connectivity index (χ4n) is 3.95. The van der Waals surface area contributed by atoms with Crippen LogP contribution in [0, 0.1) is 0 Å². The van der Waals surface area contributed by atoms with Gasteiger partial charge in [-0.1, -0.05) is 18.5 Å². The normalized spacial score (nSPS) is 16.0. The van der Waals surface area contributed by atoms with E-state index in [1.807, 2.05) is 22.7 Å². The summed E-state index contributed by atoms with van der Waals surface area (Å²) < 4.78 is 2.00. The van der Waals surface area contributed by atoms with Crippen molar-refractivity contribution in [1.82, 2.24) is 24.3 Å². The number of imidazole rings is 1. The van der Waals surface area contributed by atoms with Crippen molar-refractivity contribution in [3.8, 4) is 0 Å². The predicted octanol–water partition coefficient (Wildman–Crippen LogP) is 4.27. The fraction of sp³-hybridized carbons (Fsp3) is 0.381. The van der Waals surface area contributed by atoms with Gasteiger partial charge in [-0.25, -0.2) is 15.0 Å². The third kappa shape index (κ3) is 3.82. The van der Waals surface area contributed by atoms with E-state index in [1.165, 1.54) is 5.39 Å². The molecule has 0 spiro atoms. The van der Waals surface area contributed by atoms with E-state index in [0.717, 1.165) is 78.4 Å². The first kappa shape index (κ1) is 18.8. The van der Waals surface area contributed by atoms with Crippen LogP contribution >= 0.6 is 22.9 Å². The molecule has 1 fully saturated rings. The van der Waals surface area contributed by atoms with Gasteiger partial charge in [-0.3, -0.25) is 4.90 Å². The Morgan fingerprint density at radius 3 is 2.86 bits per heavy atom. The lowest BCUT2D eigenvalue weighted by atomic mass is 10.3. The molecular weight excluding hydrogens is 404 g/mol. The molecule has 6 nitrogen and oxygen atoms in total. The van der Waals surface area contributed by atoms with Crippen LogP contribution in [-0.2, 0) is 13.0 Å². The molecule has 0 saturated carbocycles. The summed E-state index contributed by atoms with van der Waals surface area (Å²) in [6.07, 6.45) is 5.95. The number of aromatic nitrogens is 4. The van der Waals surface area contributed by atoms with Crippen LogP contribution in [0.15, 0.2) is 36.0 Å². The minimum absolute atomic E-state index is 0.725. The third-order valence-electron chi connectivity index (χ3n) is 5.41. The van der Waals surface area contributed by atoms with Gasteiger partial charge in [0.25, 0.3) is 0 Å². The van der Waals surface area contributed by atoms with E-state index >= 15 is 0 Å². The summed E-state index contributed by atoms with van der Waals surface area (Å²) in [4.78, 5) is 20.3. The Hall–Kier alpha value is -2.22. The fourth-order valence-corrected chi connectivity index (χ4v) is 4.89. The molecule has 4 aromatic heterocycles. The molecule has 29 heavy (non-hydrogen) atoms. The van der Waals surface area contributed by atoms with Gasteiger partial charge in [0, 0.05) is 51.5 Å². The number of aryl methyl sites for hydroxylation is 1. The predicted molar refractivity (Wildman–Crippen MR) is 119 cm³/mol. The van der Waals surface area contributed by atoms with Crippen LogP contribution in [0.2, 0.25) is 5.02 Å². The Bertz CT molecular complexity index is 1150. The average molecular weight is 427 g/mol. The lowest BCUT2D eigenvalue weighted by Gasteiger charge is -2.23. The van der Waals surface area contributed by atoms with Gasteiger partial charge in [-0.2, -0.15) is 0 Å². The van der Waals surface area contributed by atoms with Gasteiger partial charge < -0.3 is 9.30 Å². The van der Waals surface area contributed by atoms with Crippen LogP contribution < -0.4 is 4.90 Å². The van der Waals surface area contributed by atoms with Gasteiger partial charge in [0.05, 0.1) is 16.1 Å². The molecule has 0 aromatic carbocycles. The van der Waals surface area contributed by atoms with E-state index < -0.39 is 0 Å². The summed E-state index contributed by atoms with van der Waals surface area (Å²) in [5.41, 5.74) is 2.02. The molecule has 5 heterocycles. The van der Waals surface area contributed by atoms with Crippen LogP contribution in [-0.4, -0.2) is 50.4 Å². The number of hydrogen-bond acceptors (Lipinski definition) is 6. The smallest absolute Gasteiger partial charge is 0.141 e. The maximum atomic E-state index is 6.10. The van der Waals surface area contributed by atoms with E-state index in [9.17, 15) is 0 Å². The second kappa shape index (κ2) is 7.89. The summed E-state index contributed by atoms with van der Waals surface area (Å²) >= 11 is 7.79. The Labute approximate surface area is 178 Å². The van der Waals surface area contributed by atoms with Crippen molar-refractivity contribution < 1.29 is 0 Å². The van der Waals surface area contributed by atoms with E-state index in [0.29, 0.717) is 0 Å². The first-order valence-electron chi connectivity index (χ1n) is 10.0. The third-order valence-corrected chi connectivity index (χ3v) is 6.44. The summed E-state index contributed by atoms with van der Waals surface area (Å²) in [7, 11) is 0. The minimum Gasteiger partial charge on any atom is -0.355 e. The molecule has 1 aliphatic rings. The Morgan fingerprint density at radius 2 is 1.97 bits per heavy atom. The number of halogens is 1. The zero-order valence-corrected chi connectivity index (χ0v) is 18.0. The van der Waals surface area contributed by atoms with Gasteiger partial charge in [0.2, 0.25) is 0 Å². The van der Waals surface area contributed by atoms with Crippen LogP contribution in [0.3, 0.4) is 0 Å². The number of thiophene rings is 1. The molecule has 0 bridgehead atoms. The van der Waals surface area contributed by atoms with E-state index in [-0.39, 0.29) is 0 Å². The number of rotatable bonds is 4. The Morgan fingerprint density at radius 1 is 1.03 bits per heavy atom. The maximum absolute atomic E-state index is 6.10. The maximum Gasteiger partial charge on any atom is 0.141 e. The van der Waals surface area contributed by atoms with Gasteiger partial charge in [-0.15, -0.1) is 11.3 Å². The lowest BCUT2D eigenvalue weighted by molar-refractivity contribution is 0.282. The Kier molecular flexibility index (Phi) is 5.11. The number of fused-ring (bicyclic) bond motifs is 2. The summed E-state index contributed by atoms with van der Waals surface area (Å²) in [6, 6.07) is 6.00. The van der Waals surface area contributed by atoms with Crippen molar-refractivity contribution >= 4 is 44.6 Å². The number of anilines is 1. The van der Waals surface area contributed by atoms with Gasteiger partial charge in [0.15, 0.2) is 0 Å². The van der Waals surface area contributed by atoms with Crippen molar-refractivity contribution in [3.05, 3.63) is 52.5 Å². The van der Waals surface area contributed by atoms with Crippen molar-refractivity contribution in [2.24, 2.45) is 0 Å². The molecule has 1 aliphatic heterocycles. The van der Waals surface area contributed by atoms with E-state index in [1.54, 1.807) is 11.3 Å². The molecule has 8 heteroatoms. The molecule has 0 unspecified atom stereocenters. The van der Waals surface area contributed by atoms with E-state index in [4.69, 9.17) is 21.6 Å². The monoisotopic (exact) mass is 426 g/mol. The first-order valence-corrected chi connectivity index (χ1v) is 11.3. The highest BCUT2D eigenvalue weighted by Crippen LogP contribution is 2.29. The molecule has 0 atom stereocenters. The first-order chi connectivity index (χ1) is 14.2. The molecule has 0 aliphatic carbocycles. The molecule has 0 radical (unpaired) electrons.